The molecule has 0 bridgehead atoms. The molecule has 0 saturated carbocycles. The first-order valence-electron chi connectivity index (χ1n) is 5.53. The predicted molar refractivity (Wildman–Crippen MR) is 70.5 cm³/mol. The average Bonchev–Trinajstić information content (AvgIpc) is 2.20. The maximum absolute atomic E-state index is 13.2. The van der Waals surface area contributed by atoms with Gasteiger partial charge in [-0.05, 0) is 46.0 Å². The van der Waals surface area contributed by atoms with Gasteiger partial charge in [-0.3, -0.25) is 4.79 Å². The third-order valence-corrected chi connectivity index (χ3v) is 2.99. The fraction of sp³-hybridized carbons (Fsp3) is 0.462. The van der Waals surface area contributed by atoms with Crippen LogP contribution in [0.1, 0.15) is 37.6 Å². The molecule has 0 aliphatic rings. The number of nitrogens with one attached hydrogen (secondary N) is 1. The van der Waals surface area contributed by atoms with Crippen molar-refractivity contribution in [3.63, 3.8) is 0 Å². The van der Waals surface area contributed by atoms with Crippen LogP contribution in [0.5, 0.6) is 0 Å². The van der Waals surface area contributed by atoms with Gasteiger partial charge in [0.25, 0.3) is 5.91 Å². The molecular weight excluding hydrogens is 285 g/mol. The van der Waals surface area contributed by atoms with E-state index >= 15 is 0 Å². The summed E-state index contributed by atoms with van der Waals surface area (Å²) in [7, 11) is 0. The summed E-state index contributed by atoms with van der Waals surface area (Å²) < 4.78 is 13.6. The second-order valence-corrected chi connectivity index (χ2v) is 6.05. The van der Waals surface area contributed by atoms with Gasteiger partial charge in [-0.15, -0.1) is 0 Å². The van der Waals surface area contributed by atoms with Gasteiger partial charge in [-0.2, -0.15) is 0 Å². The molecule has 1 aromatic rings. The molecule has 0 fully saturated rings. The molecule has 17 heavy (non-hydrogen) atoms. The summed E-state index contributed by atoms with van der Waals surface area (Å²) in [6.07, 6.45) is 0.887. The van der Waals surface area contributed by atoms with Crippen molar-refractivity contribution in [1.82, 2.24) is 5.32 Å². The Bertz CT molecular complexity index is 412. The average molecular weight is 302 g/mol. The van der Waals surface area contributed by atoms with E-state index in [1.807, 2.05) is 0 Å². The molecular formula is C13H17BrFNO. The second kappa shape index (κ2) is 5.63. The lowest BCUT2D eigenvalue weighted by Crippen LogP contribution is -2.27. The first-order chi connectivity index (χ1) is 7.79. The SMILES string of the molecule is CC(C)(C)CCNC(=O)c1ccc(Br)c(F)c1. The molecule has 1 rings (SSSR count). The third-order valence-electron chi connectivity index (χ3n) is 2.34. The topological polar surface area (TPSA) is 29.1 Å². The Hall–Kier alpha value is -0.900. The van der Waals surface area contributed by atoms with E-state index in [2.05, 4.69) is 42.0 Å². The Balaban J connectivity index is 2.56. The summed E-state index contributed by atoms with van der Waals surface area (Å²) >= 11 is 3.05. The number of benzene rings is 1. The van der Waals surface area contributed by atoms with Gasteiger partial charge in [-0.1, -0.05) is 20.8 Å². The number of hydrogen-bond donors (Lipinski definition) is 1. The maximum Gasteiger partial charge on any atom is 0.251 e. The molecule has 0 unspecified atom stereocenters. The van der Waals surface area contributed by atoms with Crippen molar-refractivity contribution >= 4 is 21.8 Å². The Labute approximate surface area is 110 Å². The van der Waals surface area contributed by atoms with Gasteiger partial charge in [0, 0.05) is 12.1 Å². The fourth-order valence-electron chi connectivity index (χ4n) is 1.29. The largest absolute Gasteiger partial charge is 0.352 e. The summed E-state index contributed by atoms with van der Waals surface area (Å²) in [5.41, 5.74) is 0.526. The first-order valence-corrected chi connectivity index (χ1v) is 6.32. The Kier molecular flexibility index (Phi) is 4.69. The fourth-order valence-corrected chi connectivity index (χ4v) is 1.54. The molecule has 1 amide bonds. The van der Waals surface area contributed by atoms with E-state index in [1.54, 1.807) is 6.07 Å². The molecule has 94 valence electrons. The number of hydrogen-bond acceptors (Lipinski definition) is 1. The molecule has 0 atom stereocenters. The Morgan fingerprint density at radius 3 is 2.59 bits per heavy atom. The van der Waals surface area contributed by atoms with Crippen LogP contribution in [0.15, 0.2) is 22.7 Å². The van der Waals surface area contributed by atoms with Crippen molar-refractivity contribution < 1.29 is 9.18 Å². The summed E-state index contributed by atoms with van der Waals surface area (Å²) in [5.74, 6) is -0.658. The lowest BCUT2D eigenvalue weighted by Gasteiger charge is -2.18. The highest BCUT2D eigenvalue weighted by Crippen LogP contribution is 2.18. The van der Waals surface area contributed by atoms with Gasteiger partial charge in [0.2, 0.25) is 0 Å². The third kappa shape index (κ3) is 4.86. The lowest BCUT2D eigenvalue weighted by molar-refractivity contribution is 0.0949. The predicted octanol–water partition coefficient (Wildman–Crippen LogP) is 3.75. The number of rotatable bonds is 3. The van der Waals surface area contributed by atoms with Crippen LogP contribution in [0.2, 0.25) is 0 Å². The van der Waals surface area contributed by atoms with Gasteiger partial charge in [0.05, 0.1) is 4.47 Å². The van der Waals surface area contributed by atoms with Gasteiger partial charge < -0.3 is 5.32 Å². The monoisotopic (exact) mass is 301 g/mol. The van der Waals surface area contributed by atoms with Gasteiger partial charge in [-0.25, -0.2) is 4.39 Å². The van der Waals surface area contributed by atoms with E-state index in [4.69, 9.17) is 0 Å². The highest BCUT2D eigenvalue weighted by molar-refractivity contribution is 9.10. The zero-order valence-corrected chi connectivity index (χ0v) is 11.9. The molecule has 0 aliphatic carbocycles. The molecule has 1 aromatic carbocycles. The van der Waals surface area contributed by atoms with Gasteiger partial charge in [0.15, 0.2) is 0 Å². The van der Waals surface area contributed by atoms with E-state index in [1.165, 1.54) is 12.1 Å². The van der Waals surface area contributed by atoms with Crippen LogP contribution >= 0.6 is 15.9 Å². The molecule has 0 radical (unpaired) electrons. The maximum atomic E-state index is 13.2. The van der Waals surface area contributed by atoms with Crippen LogP contribution in [0.4, 0.5) is 4.39 Å². The Morgan fingerprint density at radius 1 is 1.41 bits per heavy atom. The van der Waals surface area contributed by atoms with Crippen molar-refractivity contribution in [2.24, 2.45) is 5.41 Å². The van der Waals surface area contributed by atoms with Crippen LogP contribution in [0, 0.1) is 11.2 Å². The van der Waals surface area contributed by atoms with E-state index in [0.717, 1.165) is 6.42 Å². The van der Waals surface area contributed by atoms with Crippen LogP contribution < -0.4 is 5.32 Å². The number of carbonyl (C=O) groups excluding carboxylic acids is 1. The molecule has 0 spiro atoms. The van der Waals surface area contributed by atoms with E-state index in [9.17, 15) is 9.18 Å². The van der Waals surface area contributed by atoms with E-state index in [-0.39, 0.29) is 11.3 Å². The second-order valence-electron chi connectivity index (χ2n) is 5.20. The zero-order chi connectivity index (χ0) is 13.1. The summed E-state index contributed by atoms with van der Waals surface area (Å²) in [6, 6.07) is 4.37. The van der Waals surface area contributed by atoms with Crippen molar-refractivity contribution in [3.05, 3.63) is 34.1 Å². The normalized spacial score (nSPS) is 11.4. The number of halogens is 2. The highest BCUT2D eigenvalue weighted by atomic mass is 79.9. The quantitative estimate of drug-likeness (QED) is 0.905. The van der Waals surface area contributed by atoms with Crippen LogP contribution in [-0.4, -0.2) is 12.5 Å². The molecule has 0 saturated heterocycles. The molecule has 1 N–H and O–H groups in total. The minimum Gasteiger partial charge on any atom is -0.352 e. The lowest BCUT2D eigenvalue weighted by atomic mass is 9.92. The van der Waals surface area contributed by atoms with Crippen molar-refractivity contribution in [2.75, 3.05) is 6.54 Å². The summed E-state index contributed by atoms with van der Waals surface area (Å²) in [6.45, 7) is 6.93. The number of amides is 1. The molecule has 4 heteroatoms. The van der Waals surface area contributed by atoms with Crippen LogP contribution in [0.3, 0.4) is 0 Å². The molecule has 0 aromatic heterocycles. The summed E-state index contributed by atoms with van der Waals surface area (Å²) in [5, 5.41) is 2.78. The number of carbonyl (C=O) groups is 1. The van der Waals surface area contributed by atoms with Crippen molar-refractivity contribution in [1.29, 1.82) is 0 Å². The smallest absolute Gasteiger partial charge is 0.251 e. The van der Waals surface area contributed by atoms with Crippen molar-refractivity contribution in [2.45, 2.75) is 27.2 Å². The van der Waals surface area contributed by atoms with Crippen LogP contribution in [0.25, 0.3) is 0 Å². The standard InChI is InChI=1S/C13H17BrFNO/c1-13(2,3)6-7-16-12(17)9-4-5-10(14)11(15)8-9/h4-5,8H,6-7H2,1-3H3,(H,16,17). The van der Waals surface area contributed by atoms with Crippen molar-refractivity contribution in [3.8, 4) is 0 Å². The minimum atomic E-state index is -0.423. The van der Waals surface area contributed by atoms with Crippen LogP contribution in [-0.2, 0) is 0 Å². The van der Waals surface area contributed by atoms with E-state index < -0.39 is 5.82 Å². The van der Waals surface area contributed by atoms with Gasteiger partial charge in [0.1, 0.15) is 5.82 Å². The van der Waals surface area contributed by atoms with Gasteiger partial charge >= 0.3 is 0 Å². The molecule has 0 heterocycles. The first kappa shape index (κ1) is 14.2. The van der Waals surface area contributed by atoms with E-state index in [0.29, 0.717) is 16.6 Å². The zero-order valence-electron chi connectivity index (χ0n) is 10.3. The summed E-state index contributed by atoms with van der Waals surface area (Å²) in [4.78, 5) is 11.7. The highest BCUT2D eigenvalue weighted by Gasteiger charge is 2.12. The minimum absolute atomic E-state index is 0.179. The molecule has 0 aliphatic heterocycles. The molecule has 2 nitrogen and oxygen atoms in total. The Morgan fingerprint density at radius 2 is 2.06 bits per heavy atom.